The monoisotopic (exact) mass is 211 g/mol. The summed E-state index contributed by atoms with van der Waals surface area (Å²) in [5, 5.41) is 11.4. The minimum absolute atomic E-state index is 0.0145. The van der Waals surface area contributed by atoms with E-state index in [2.05, 4.69) is 15.3 Å². The maximum Gasteiger partial charge on any atom is 0.305 e. The van der Waals surface area contributed by atoms with Crippen molar-refractivity contribution in [2.75, 3.05) is 12.4 Å². The topological polar surface area (TPSA) is 84.3 Å². The summed E-state index contributed by atoms with van der Waals surface area (Å²) < 4.78 is 4.91. The number of carboxylic acid groups (broad SMARTS) is 1. The number of rotatable bonds is 5. The third-order valence-corrected chi connectivity index (χ3v) is 1.70. The average molecular weight is 211 g/mol. The van der Waals surface area contributed by atoms with E-state index in [-0.39, 0.29) is 12.5 Å². The van der Waals surface area contributed by atoms with Crippen LogP contribution in [-0.2, 0) is 4.79 Å². The Morgan fingerprint density at radius 2 is 2.47 bits per heavy atom. The van der Waals surface area contributed by atoms with Crippen molar-refractivity contribution in [1.82, 2.24) is 9.97 Å². The van der Waals surface area contributed by atoms with Gasteiger partial charge in [0.25, 0.3) is 0 Å². The molecule has 1 unspecified atom stereocenters. The molecule has 1 atom stereocenters. The van der Waals surface area contributed by atoms with Gasteiger partial charge in [-0.3, -0.25) is 4.79 Å². The Morgan fingerprint density at radius 1 is 1.73 bits per heavy atom. The highest BCUT2D eigenvalue weighted by atomic mass is 16.5. The van der Waals surface area contributed by atoms with Gasteiger partial charge in [-0.25, -0.2) is 4.98 Å². The molecule has 0 radical (unpaired) electrons. The standard InChI is InChI=1S/C9H13N3O3/c1-6(5-8(13)14)11-9-10-4-3-7(12-9)15-2/h3-4,6H,5H2,1-2H3,(H,13,14)(H,10,11,12). The van der Waals surface area contributed by atoms with Crippen LogP contribution in [0.25, 0.3) is 0 Å². The molecule has 0 saturated heterocycles. The van der Waals surface area contributed by atoms with Crippen LogP contribution in [0, 0.1) is 0 Å². The molecule has 2 N–H and O–H groups in total. The third kappa shape index (κ3) is 3.80. The fraction of sp³-hybridized carbons (Fsp3) is 0.444. The lowest BCUT2D eigenvalue weighted by Gasteiger charge is -2.11. The largest absolute Gasteiger partial charge is 0.481 e. The second-order valence-electron chi connectivity index (χ2n) is 3.07. The first-order valence-electron chi connectivity index (χ1n) is 4.47. The van der Waals surface area contributed by atoms with Gasteiger partial charge >= 0.3 is 5.97 Å². The molecule has 82 valence electrons. The first kappa shape index (κ1) is 11.2. The first-order chi connectivity index (χ1) is 7.11. The molecule has 1 aromatic heterocycles. The van der Waals surface area contributed by atoms with Crippen molar-refractivity contribution in [3.8, 4) is 5.88 Å². The van der Waals surface area contributed by atoms with Crippen LogP contribution < -0.4 is 10.1 Å². The number of carboxylic acids is 1. The van der Waals surface area contributed by atoms with Gasteiger partial charge in [-0.1, -0.05) is 0 Å². The lowest BCUT2D eigenvalue weighted by Crippen LogP contribution is -2.20. The Morgan fingerprint density at radius 3 is 3.07 bits per heavy atom. The van der Waals surface area contributed by atoms with Crippen molar-refractivity contribution >= 4 is 11.9 Å². The summed E-state index contributed by atoms with van der Waals surface area (Å²) in [6.07, 6.45) is 1.56. The van der Waals surface area contributed by atoms with E-state index in [1.807, 2.05) is 0 Å². The molecule has 6 nitrogen and oxygen atoms in total. The number of carbonyl (C=O) groups is 1. The number of methoxy groups -OCH3 is 1. The van der Waals surface area contributed by atoms with Gasteiger partial charge in [0.05, 0.1) is 13.5 Å². The molecular weight excluding hydrogens is 198 g/mol. The van der Waals surface area contributed by atoms with Crippen LogP contribution in [0.2, 0.25) is 0 Å². The van der Waals surface area contributed by atoms with Gasteiger partial charge in [0, 0.05) is 18.3 Å². The zero-order valence-electron chi connectivity index (χ0n) is 8.60. The lowest BCUT2D eigenvalue weighted by atomic mass is 10.2. The summed E-state index contributed by atoms with van der Waals surface area (Å²) >= 11 is 0. The normalized spacial score (nSPS) is 11.9. The van der Waals surface area contributed by atoms with Gasteiger partial charge in [-0.2, -0.15) is 4.98 Å². The van der Waals surface area contributed by atoms with Crippen molar-refractivity contribution in [2.24, 2.45) is 0 Å². The Bertz CT molecular complexity index is 343. The summed E-state index contributed by atoms with van der Waals surface area (Å²) in [5.41, 5.74) is 0. The number of ether oxygens (including phenoxy) is 1. The molecule has 0 aliphatic rings. The smallest absolute Gasteiger partial charge is 0.305 e. The number of aromatic nitrogens is 2. The van der Waals surface area contributed by atoms with E-state index in [1.165, 1.54) is 7.11 Å². The number of nitrogens with zero attached hydrogens (tertiary/aromatic N) is 2. The van der Waals surface area contributed by atoms with Gasteiger partial charge in [0.1, 0.15) is 0 Å². The first-order valence-corrected chi connectivity index (χ1v) is 4.47. The Hall–Kier alpha value is -1.85. The highest BCUT2D eigenvalue weighted by Crippen LogP contribution is 2.08. The van der Waals surface area contributed by atoms with Gasteiger partial charge < -0.3 is 15.2 Å². The minimum Gasteiger partial charge on any atom is -0.481 e. The van der Waals surface area contributed by atoms with E-state index >= 15 is 0 Å². The molecule has 0 fully saturated rings. The SMILES string of the molecule is COc1ccnc(NC(C)CC(=O)O)n1. The van der Waals surface area contributed by atoms with E-state index in [0.29, 0.717) is 11.8 Å². The van der Waals surface area contributed by atoms with Crippen LogP contribution in [0.4, 0.5) is 5.95 Å². The molecule has 0 saturated carbocycles. The number of hydrogen-bond donors (Lipinski definition) is 2. The summed E-state index contributed by atoms with van der Waals surface area (Å²) in [5.74, 6) is -0.0592. The molecule has 1 heterocycles. The Labute approximate surface area is 87.3 Å². The van der Waals surface area contributed by atoms with Crippen molar-refractivity contribution in [3.05, 3.63) is 12.3 Å². The van der Waals surface area contributed by atoms with Crippen LogP contribution >= 0.6 is 0 Å². The predicted molar refractivity (Wildman–Crippen MR) is 53.9 cm³/mol. The van der Waals surface area contributed by atoms with Crippen molar-refractivity contribution < 1.29 is 14.6 Å². The molecule has 0 spiro atoms. The molecule has 0 aliphatic carbocycles. The summed E-state index contributed by atoms with van der Waals surface area (Å²) in [7, 11) is 1.51. The minimum atomic E-state index is -0.863. The number of anilines is 1. The molecule has 0 aromatic carbocycles. The lowest BCUT2D eigenvalue weighted by molar-refractivity contribution is -0.137. The van der Waals surface area contributed by atoms with Gasteiger partial charge in [-0.15, -0.1) is 0 Å². The Kier molecular flexibility index (Phi) is 3.84. The molecule has 15 heavy (non-hydrogen) atoms. The highest BCUT2D eigenvalue weighted by Gasteiger charge is 2.08. The zero-order valence-corrected chi connectivity index (χ0v) is 8.60. The van der Waals surface area contributed by atoms with E-state index < -0.39 is 5.97 Å². The summed E-state index contributed by atoms with van der Waals surface area (Å²) in [6, 6.07) is 1.39. The number of nitrogens with one attached hydrogen (secondary N) is 1. The van der Waals surface area contributed by atoms with Gasteiger partial charge in [-0.05, 0) is 6.92 Å². The van der Waals surface area contributed by atoms with E-state index in [9.17, 15) is 4.79 Å². The number of aliphatic carboxylic acids is 1. The van der Waals surface area contributed by atoms with Crippen molar-refractivity contribution in [2.45, 2.75) is 19.4 Å². The Balaban J connectivity index is 2.59. The van der Waals surface area contributed by atoms with Crippen LogP contribution in [-0.4, -0.2) is 34.2 Å². The molecule has 0 bridgehead atoms. The van der Waals surface area contributed by atoms with E-state index in [1.54, 1.807) is 19.2 Å². The quantitative estimate of drug-likeness (QED) is 0.748. The van der Waals surface area contributed by atoms with Crippen LogP contribution in [0.15, 0.2) is 12.3 Å². The van der Waals surface area contributed by atoms with Crippen molar-refractivity contribution in [3.63, 3.8) is 0 Å². The number of hydrogen-bond acceptors (Lipinski definition) is 5. The fourth-order valence-electron chi connectivity index (χ4n) is 1.06. The van der Waals surface area contributed by atoms with E-state index in [4.69, 9.17) is 9.84 Å². The molecule has 0 aliphatic heterocycles. The second-order valence-corrected chi connectivity index (χ2v) is 3.07. The molecule has 1 rings (SSSR count). The van der Waals surface area contributed by atoms with Gasteiger partial charge in [0.15, 0.2) is 0 Å². The molecule has 6 heteroatoms. The van der Waals surface area contributed by atoms with Crippen molar-refractivity contribution in [1.29, 1.82) is 0 Å². The van der Waals surface area contributed by atoms with Crippen LogP contribution in [0.5, 0.6) is 5.88 Å². The zero-order chi connectivity index (χ0) is 11.3. The van der Waals surface area contributed by atoms with E-state index in [0.717, 1.165) is 0 Å². The second kappa shape index (κ2) is 5.14. The summed E-state index contributed by atoms with van der Waals surface area (Å²) in [4.78, 5) is 18.4. The van der Waals surface area contributed by atoms with Crippen LogP contribution in [0.3, 0.4) is 0 Å². The fourth-order valence-corrected chi connectivity index (χ4v) is 1.06. The van der Waals surface area contributed by atoms with Gasteiger partial charge in [0.2, 0.25) is 11.8 Å². The molecule has 0 amide bonds. The highest BCUT2D eigenvalue weighted by molar-refractivity contribution is 5.68. The maximum absolute atomic E-state index is 10.4. The third-order valence-electron chi connectivity index (χ3n) is 1.70. The average Bonchev–Trinajstić information content (AvgIpc) is 2.16. The summed E-state index contributed by atoms with van der Waals surface area (Å²) in [6.45, 7) is 1.75. The molecular formula is C9H13N3O3. The molecule has 1 aromatic rings. The predicted octanol–water partition coefficient (Wildman–Crippen LogP) is 0.760. The van der Waals surface area contributed by atoms with Crippen LogP contribution in [0.1, 0.15) is 13.3 Å². The maximum atomic E-state index is 10.4.